The molecular weight excluding hydrogens is 406 g/mol. The Hall–Kier alpha value is -3.23. The number of aryl methyl sites for hydroxylation is 1. The van der Waals surface area contributed by atoms with Crippen molar-refractivity contribution < 1.29 is 9.59 Å². The smallest absolute Gasteiger partial charge is 0.223 e. The highest BCUT2D eigenvalue weighted by Crippen LogP contribution is 2.27. The number of hydrogen-bond donors (Lipinski definition) is 1. The van der Waals surface area contributed by atoms with Gasteiger partial charge >= 0.3 is 0 Å². The topological polar surface area (TPSA) is 110 Å². The molecule has 2 amide bonds. The van der Waals surface area contributed by atoms with E-state index in [0.29, 0.717) is 38.8 Å². The summed E-state index contributed by atoms with van der Waals surface area (Å²) in [6.07, 6.45) is 5.71. The molecule has 0 spiro atoms. The number of benzene rings is 1. The normalized spacial score (nSPS) is 17.9. The molecule has 32 heavy (non-hydrogen) atoms. The van der Waals surface area contributed by atoms with Gasteiger partial charge in [0, 0.05) is 44.9 Å². The van der Waals surface area contributed by atoms with Crippen LogP contribution in [0.5, 0.6) is 0 Å². The number of nitrogens with two attached hydrogens (primary N) is 1. The van der Waals surface area contributed by atoms with Gasteiger partial charge in [-0.1, -0.05) is 12.1 Å². The summed E-state index contributed by atoms with van der Waals surface area (Å²) in [7, 11) is 0. The molecule has 9 heteroatoms. The van der Waals surface area contributed by atoms with Crippen LogP contribution in [0.2, 0.25) is 0 Å². The van der Waals surface area contributed by atoms with E-state index in [9.17, 15) is 9.59 Å². The lowest BCUT2D eigenvalue weighted by Gasteiger charge is -2.30. The zero-order chi connectivity index (χ0) is 22.1. The number of amides is 2. The highest BCUT2D eigenvalue weighted by molar-refractivity contribution is 5.83. The van der Waals surface area contributed by atoms with Gasteiger partial charge in [0.05, 0.1) is 11.0 Å². The van der Waals surface area contributed by atoms with Crippen LogP contribution in [0.1, 0.15) is 44.3 Å². The number of anilines is 1. The van der Waals surface area contributed by atoms with Crippen LogP contribution in [-0.2, 0) is 16.0 Å². The van der Waals surface area contributed by atoms with Crippen LogP contribution in [0.25, 0.3) is 16.7 Å². The second kappa shape index (κ2) is 8.72. The third-order valence-electron chi connectivity index (χ3n) is 6.75. The first-order chi connectivity index (χ1) is 15.6. The van der Waals surface area contributed by atoms with Gasteiger partial charge < -0.3 is 15.5 Å². The van der Waals surface area contributed by atoms with Gasteiger partial charge in [0.2, 0.25) is 17.5 Å². The summed E-state index contributed by atoms with van der Waals surface area (Å²) in [4.78, 5) is 33.3. The zero-order valence-corrected chi connectivity index (χ0v) is 18.2. The summed E-state index contributed by atoms with van der Waals surface area (Å²) in [5.41, 5.74) is 8.03. The van der Waals surface area contributed by atoms with Crippen molar-refractivity contribution in [3.8, 4) is 0 Å². The monoisotopic (exact) mass is 435 g/mol. The van der Waals surface area contributed by atoms with Gasteiger partial charge in [-0.05, 0) is 44.2 Å². The van der Waals surface area contributed by atoms with Crippen molar-refractivity contribution in [2.45, 2.75) is 44.9 Å². The van der Waals surface area contributed by atoms with E-state index in [2.05, 4.69) is 19.5 Å². The molecule has 0 bridgehead atoms. The van der Waals surface area contributed by atoms with Crippen molar-refractivity contribution in [1.82, 2.24) is 24.5 Å². The van der Waals surface area contributed by atoms with Crippen molar-refractivity contribution in [2.75, 3.05) is 31.1 Å². The largest absolute Gasteiger partial charge is 0.369 e. The van der Waals surface area contributed by atoms with Crippen LogP contribution in [0, 0.1) is 5.92 Å². The highest BCUT2D eigenvalue weighted by Gasteiger charge is 2.26. The Morgan fingerprint density at radius 2 is 1.75 bits per heavy atom. The number of carbonyl (C=O) groups excluding carboxylic acids is 2. The molecule has 2 fully saturated rings. The van der Waals surface area contributed by atoms with E-state index < -0.39 is 0 Å². The van der Waals surface area contributed by atoms with Crippen LogP contribution >= 0.6 is 0 Å². The summed E-state index contributed by atoms with van der Waals surface area (Å²) in [5.74, 6) is 1.35. The van der Waals surface area contributed by atoms with E-state index >= 15 is 0 Å². The average Bonchev–Trinajstić information content (AvgIpc) is 3.27. The maximum absolute atomic E-state index is 12.8. The van der Waals surface area contributed by atoms with Gasteiger partial charge in [-0.15, -0.1) is 10.2 Å². The molecule has 3 aromatic rings. The number of fused-ring (bicyclic) bond motifs is 3. The molecule has 0 saturated carbocycles. The number of rotatable bonds is 5. The van der Waals surface area contributed by atoms with E-state index in [4.69, 9.17) is 10.7 Å². The van der Waals surface area contributed by atoms with Crippen LogP contribution in [-0.4, -0.2) is 62.5 Å². The zero-order valence-electron chi connectivity index (χ0n) is 18.2. The van der Waals surface area contributed by atoms with Crippen LogP contribution in [0.4, 0.5) is 5.82 Å². The van der Waals surface area contributed by atoms with Crippen LogP contribution < -0.4 is 10.6 Å². The van der Waals surface area contributed by atoms with Gasteiger partial charge in [-0.3, -0.25) is 14.0 Å². The molecule has 2 aromatic heterocycles. The number of likely N-dealkylation sites (tertiary alicyclic amines) is 1. The van der Waals surface area contributed by atoms with Gasteiger partial charge in [-0.2, -0.15) is 0 Å². The Morgan fingerprint density at radius 3 is 2.50 bits per heavy atom. The number of nitrogens with zero attached hydrogens (tertiary/aromatic N) is 6. The minimum Gasteiger partial charge on any atom is -0.369 e. The molecule has 0 unspecified atom stereocenters. The van der Waals surface area contributed by atoms with Crippen LogP contribution in [0.3, 0.4) is 0 Å². The van der Waals surface area contributed by atoms with Crippen molar-refractivity contribution >= 4 is 34.3 Å². The number of para-hydroxylation sites is 2. The predicted octanol–water partition coefficient (Wildman–Crippen LogP) is 1.92. The quantitative estimate of drug-likeness (QED) is 0.656. The molecule has 2 aliphatic heterocycles. The molecule has 2 saturated heterocycles. The summed E-state index contributed by atoms with van der Waals surface area (Å²) in [5, 5.41) is 8.96. The Morgan fingerprint density at radius 1 is 1.00 bits per heavy atom. The van der Waals surface area contributed by atoms with E-state index in [1.807, 2.05) is 29.2 Å². The van der Waals surface area contributed by atoms with Crippen molar-refractivity contribution in [3.63, 3.8) is 0 Å². The molecule has 0 atom stereocenters. The first-order valence-corrected chi connectivity index (χ1v) is 11.6. The molecular formula is C23H29N7O2. The molecule has 168 valence electrons. The third kappa shape index (κ3) is 3.87. The minimum absolute atomic E-state index is 0.0827. The molecule has 2 aliphatic rings. The van der Waals surface area contributed by atoms with Crippen molar-refractivity contribution in [1.29, 1.82) is 0 Å². The van der Waals surface area contributed by atoms with Gasteiger partial charge in [0.1, 0.15) is 5.82 Å². The Bertz CT molecular complexity index is 1140. The second-order valence-electron chi connectivity index (χ2n) is 8.80. The maximum Gasteiger partial charge on any atom is 0.223 e. The number of carbonyl (C=O) groups is 2. The van der Waals surface area contributed by atoms with Gasteiger partial charge in [-0.25, -0.2) is 4.98 Å². The highest BCUT2D eigenvalue weighted by atomic mass is 16.2. The summed E-state index contributed by atoms with van der Waals surface area (Å²) in [6, 6.07) is 8.02. The fourth-order valence-corrected chi connectivity index (χ4v) is 4.90. The number of hydrogen-bond acceptors (Lipinski definition) is 6. The summed E-state index contributed by atoms with van der Waals surface area (Å²) in [6.45, 7) is 3.11. The molecule has 1 aromatic carbocycles. The molecule has 5 rings (SSSR count). The first kappa shape index (κ1) is 20.7. The Kier molecular flexibility index (Phi) is 5.63. The lowest BCUT2D eigenvalue weighted by Crippen LogP contribution is -2.41. The van der Waals surface area contributed by atoms with Crippen LogP contribution in [0.15, 0.2) is 24.3 Å². The van der Waals surface area contributed by atoms with E-state index in [1.165, 1.54) is 6.42 Å². The first-order valence-electron chi connectivity index (χ1n) is 11.6. The molecule has 4 heterocycles. The second-order valence-corrected chi connectivity index (χ2v) is 8.80. The molecule has 0 radical (unpaired) electrons. The SMILES string of the molecule is NC(=O)C1CCN(C(=O)CCc2nnc3c(N4CCCCC4)nc4ccccc4n23)CC1. The fraction of sp³-hybridized carbons (Fsp3) is 0.522. The lowest BCUT2D eigenvalue weighted by atomic mass is 9.96. The lowest BCUT2D eigenvalue weighted by molar-refractivity contribution is -0.134. The minimum atomic E-state index is -0.267. The Balaban J connectivity index is 1.39. The number of piperidine rings is 2. The fourth-order valence-electron chi connectivity index (χ4n) is 4.90. The predicted molar refractivity (Wildman–Crippen MR) is 121 cm³/mol. The van der Waals surface area contributed by atoms with Gasteiger partial charge in [0.15, 0.2) is 5.82 Å². The molecule has 2 N–H and O–H groups in total. The standard InChI is InChI=1S/C23H29N7O2/c24-21(32)16-10-14-28(15-11-16)20(31)9-8-19-26-27-23-22(29-12-4-1-5-13-29)25-17-6-2-3-7-18(17)30(19)23/h2-3,6-7,16H,1,4-5,8-15H2,(H2,24,32). The number of aromatic nitrogens is 4. The third-order valence-corrected chi connectivity index (χ3v) is 6.75. The van der Waals surface area contributed by atoms with Gasteiger partial charge in [0.25, 0.3) is 0 Å². The maximum atomic E-state index is 12.8. The average molecular weight is 436 g/mol. The van der Waals surface area contributed by atoms with Crippen molar-refractivity contribution in [3.05, 3.63) is 30.1 Å². The Labute approximate surface area is 186 Å². The van der Waals surface area contributed by atoms with E-state index in [0.717, 1.165) is 54.3 Å². The number of primary amides is 1. The van der Waals surface area contributed by atoms with E-state index in [-0.39, 0.29) is 17.7 Å². The van der Waals surface area contributed by atoms with E-state index in [1.54, 1.807) is 0 Å². The summed E-state index contributed by atoms with van der Waals surface area (Å²) < 4.78 is 2.07. The molecule has 0 aliphatic carbocycles. The molecule has 9 nitrogen and oxygen atoms in total. The van der Waals surface area contributed by atoms with Crippen molar-refractivity contribution in [2.24, 2.45) is 11.7 Å². The summed E-state index contributed by atoms with van der Waals surface area (Å²) >= 11 is 0.